The quantitative estimate of drug-likeness (QED) is 0.258. The normalized spacial score (nSPS) is 20.5. The molecule has 1 saturated heterocycles. The third-order valence-electron chi connectivity index (χ3n) is 10.1. The van der Waals surface area contributed by atoms with Crippen LogP contribution in [0.15, 0.2) is 97.0 Å². The minimum absolute atomic E-state index is 0.0424. The molecule has 2 fully saturated rings. The average molecular weight is 636 g/mol. The molecule has 1 saturated carbocycles. The van der Waals surface area contributed by atoms with Gasteiger partial charge in [0.1, 0.15) is 18.1 Å². The maximum Gasteiger partial charge on any atom is 0.264 e. The van der Waals surface area contributed by atoms with Crippen molar-refractivity contribution < 1.29 is 19.1 Å². The molecule has 0 radical (unpaired) electrons. The highest BCUT2D eigenvalue weighted by atomic mass is 16.5. The number of benzene rings is 2. The zero-order valence-corrected chi connectivity index (χ0v) is 27.8. The zero-order valence-electron chi connectivity index (χ0n) is 27.8. The maximum atomic E-state index is 14.4. The number of hydrogen-bond donors (Lipinski definition) is 0. The number of rotatable bonds is 11. The van der Waals surface area contributed by atoms with E-state index in [9.17, 15) is 9.59 Å². The van der Waals surface area contributed by atoms with Gasteiger partial charge in [0.25, 0.3) is 5.91 Å². The number of fused-ring (bicyclic) bond motifs is 1. The van der Waals surface area contributed by atoms with E-state index in [2.05, 4.69) is 30.8 Å². The standard InChI is InChI=1S/C40H49N3O4/c1-3-22-42-26-31(17-16-30(42)2)29-46-35-20-18-34-19-21-37(47-38(34)25-35)40(45)43(28-39(44)41-23-10-11-24-41)27-36(32-12-6-4-7-13-32)33-14-8-5-9-15-33/h3-4,6-7,12-13,16-18,20,22,25-26,33,36-37H,2,5,8-11,14-15,19,21,23-24,27-29H2,1H3/b22-3-. The molecule has 0 spiro atoms. The van der Waals surface area contributed by atoms with Crippen molar-refractivity contribution in [2.75, 3.05) is 32.8 Å². The van der Waals surface area contributed by atoms with Crippen LogP contribution in [0.4, 0.5) is 0 Å². The molecule has 2 aromatic carbocycles. The minimum atomic E-state index is -0.642. The van der Waals surface area contributed by atoms with E-state index in [0.717, 1.165) is 62.0 Å². The molecular weight excluding hydrogens is 586 g/mol. The van der Waals surface area contributed by atoms with Gasteiger partial charge in [-0.3, -0.25) is 9.59 Å². The van der Waals surface area contributed by atoms with Gasteiger partial charge in [-0.05, 0) is 74.6 Å². The Morgan fingerprint density at radius 1 is 1.02 bits per heavy atom. The molecule has 0 aromatic heterocycles. The summed E-state index contributed by atoms with van der Waals surface area (Å²) < 4.78 is 12.6. The molecular formula is C40H49N3O4. The Morgan fingerprint density at radius 2 is 1.81 bits per heavy atom. The predicted molar refractivity (Wildman–Crippen MR) is 186 cm³/mol. The Morgan fingerprint density at radius 3 is 2.57 bits per heavy atom. The van der Waals surface area contributed by atoms with E-state index in [4.69, 9.17) is 9.47 Å². The molecule has 1 aliphatic carbocycles. The number of allylic oxidation sites excluding steroid dienone is 2. The number of likely N-dealkylation sites (tertiary alicyclic amines) is 1. The fourth-order valence-corrected chi connectivity index (χ4v) is 7.43. The molecule has 0 N–H and O–H groups in total. The van der Waals surface area contributed by atoms with Gasteiger partial charge in [-0.1, -0.05) is 74.4 Å². The molecule has 2 unspecified atom stereocenters. The molecule has 2 amide bonds. The van der Waals surface area contributed by atoms with Crippen molar-refractivity contribution in [2.24, 2.45) is 5.92 Å². The smallest absolute Gasteiger partial charge is 0.264 e. The summed E-state index contributed by atoms with van der Waals surface area (Å²) >= 11 is 0. The first-order chi connectivity index (χ1) is 23.0. The molecule has 248 valence electrons. The second-order valence-corrected chi connectivity index (χ2v) is 13.3. The van der Waals surface area contributed by atoms with Crippen LogP contribution >= 0.6 is 0 Å². The van der Waals surface area contributed by atoms with Crippen molar-refractivity contribution in [1.82, 2.24) is 14.7 Å². The van der Waals surface area contributed by atoms with E-state index in [1.54, 1.807) is 0 Å². The van der Waals surface area contributed by atoms with E-state index >= 15 is 0 Å². The highest BCUT2D eigenvalue weighted by molar-refractivity contribution is 5.87. The molecule has 3 aliphatic heterocycles. The van der Waals surface area contributed by atoms with Crippen LogP contribution in [-0.4, -0.2) is 65.4 Å². The number of carbonyl (C=O) groups excluding carboxylic acids is 2. The molecule has 2 atom stereocenters. The van der Waals surface area contributed by atoms with Gasteiger partial charge in [-0.25, -0.2) is 0 Å². The van der Waals surface area contributed by atoms with Gasteiger partial charge in [0, 0.05) is 55.3 Å². The number of aryl methyl sites for hydroxylation is 1. The molecule has 7 heteroatoms. The van der Waals surface area contributed by atoms with Crippen molar-refractivity contribution in [3.05, 3.63) is 108 Å². The summed E-state index contributed by atoms with van der Waals surface area (Å²) in [6, 6.07) is 16.5. The second kappa shape index (κ2) is 15.6. The molecule has 6 rings (SSSR count). The lowest BCUT2D eigenvalue weighted by atomic mass is 9.76. The molecule has 47 heavy (non-hydrogen) atoms. The first-order valence-electron chi connectivity index (χ1n) is 17.5. The summed E-state index contributed by atoms with van der Waals surface area (Å²) in [5, 5.41) is 0. The average Bonchev–Trinajstić information content (AvgIpc) is 3.66. The van der Waals surface area contributed by atoms with Crippen LogP contribution < -0.4 is 9.47 Å². The Balaban J connectivity index is 1.18. The fraction of sp³-hybridized carbons (Fsp3) is 0.450. The summed E-state index contributed by atoms with van der Waals surface area (Å²) in [5.41, 5.74) is 4.24. The van der Waals surface area contributed by atoms with Gasteiger partial charge in [0.15, 0.2) is 6.10 Å². The maximum absolute atomic E-state index is 14.4. The Kier molecular flexibility index (Phi) is 10.8. The van der Waals surface area contributed by atoms with Gasteiger partial charge in [-0.15, -0.1) is 0 Å². The minimum Gasteiger partial charge on any atom is -0.489 e. The van der Waals surface area contributed by atoms with E-state index in [0.29, 0.717) is 37.0 Å². The first-order valence-corrected chi connectivity index (χ1v) is 17.5. The van der Waals surface area contributed by atoms with Gasteiger partial charge in [-0.2, -0.15) is 0 Å². The summed E-state index contributed by atoms with van der Waals surface area (Å²) in [4.78, 5) is 33.6. The number of hydrogen-bond acceptors (Lipinski definition) is 5. The lowest BCUT2D eigenvalue weighted by Gasteiger charge is -2.37. The summed E-state index contributed by atoms with van der Waals surface area (Å²) in [7, 11) is 0. The van der Waals surface area contributed by atoms with Crippen LogP contribution in [0.3, 0.4) is 0 Å². The Bertz CT molecular complexity index is 1500. The molecule has 2 aromatic rings. The fourth-order valence-electron chi connectivity index (χ4n) is 7.43. The first kappa shape index (κ1) is 32.7. The number of ether oxygens (including phenoxy) is 2. The zero-order chi connectivity index (χ0) is 32.6. The van der Waals surface area contributed by atoms with Crippen molar-refractivity contribution in [2.45, 2.75) is 76.7 Å². The lowest BCUT2D eigenvalue weighted by molar-refractivity contribution is -0.145. The Hall–Kier alpha value is -4.26. The van der Waals surface area contributed by atoms with Crippen LogP contribution in [0.1, 0.15) is 75.3 Å². The predicted octanol–water partition coefficient (Wildman–Crippen LogP) is 7.38. The Labute approximate surface area is 280 Å². The largest absolute Gasteiger partial charge is 0.489 e. The van der Waals surface area contributed by atoms with E-state index in [-0.39, 0.29) is 24.3 Å². The highest BCUT2D eigenvalue weighted by Crippen LogP contribution is 2.38. The summed E-state index contributed by atoms with van der Waals surface area (Å²) in [5.74, 6) is 2.01. The van der Waals surface area contributed by atoms with Crippen molar-refractivity contribution in [3.63, 3.8) is 0 Å². The van der Waals surface area contributed by atoms with Crippen LogP contribution in [0, 0.1) is 5.92 Å². The van der Waals surface area contributed by atoms with E-state index < -0.39 is 6.10 Å². The van der Waals surface area contributed by atoms with Gasteiger partial charge in [0.05, 0.1) is 6.54 Å². The summed E-state index contributed by atoms with van der Waals surface area (Å²) in [6.45, 7) is 8.62. The monoisotopic (exact) mass is 635 g/mol. The van der Waals surface area contributed by atoms with Crippen molar-refractivity contribution in [1.29, 1.82) is 0 Å². The van der Waals surface area contributed by atoms with Crippen LogP contribution in [0.25, 0.3) is 0 Å². The van der Waals surface area contributed by atoms with E-state index in [1.165, 1.54) is 24.8 Å². The third kappa shape index (κ3) is 8.19. The number of amides is 2. The van der Waals surface area contributed by atoms with Crippen LogP contribution in [0.5, 0.6) is 11.5 Å². The molecule has 3 heterocycles. The van der Waals surface area contributed by atoms with Gasteiger partial charge >= 0.3 is 0 Å². The van der Waals surface area contributed by atoms with Crippen LogP contribution in [0.2, 0.25) is 0 Å². The van der Waals surface area contributed by atoms with Crippen molar-refractivity contribution >= 4 is 11.8 Å². The lowest BCUT2D eigenvalue weighted by Crippen LogP contribution is -2.50. The highest BCUT2D eigenvalue weighted by Gasteiger charge is 2.36. The molecule has 7 nitrogen and oxygen atoms in total. The molecule has 0 bridgehead atoms. The van der Waals surface area contributed by atoms with Gasteiger partial charge < -0.3 is 24.2 Å². The SMILES string of the molecule is C=C1C=CC(COc2ccc3c(c2)OC(C(=O)N(CC(=O)N2CCCC2)CC(c2ccccc2)C2CCCCC2)CC3)=CN1/C=C\C. The van der Waals surface area contributed by atoms with Gasteiger partial charge in [0.2, 0.25) is 5.91 Å². The summed E-state index contributed by atoms with van der Waals surface area (Å²) in [6.07, 6.45) is 18.7. The van der Waals surface area contributed by atoms with Crippen LogP contribution in [-0.2, 0) is 16.0 Å². The molecule has 4 aliphatic rings. The van der Waals surface area contributed by atoms with E-state index in [1.807, 2.05) is 76.5 Å². The number of carbonyl (C=O) groups is 2. The third-order valence-corrected chi connectivity index (χ3v) is 10.1. The second-order valence-electron chi connectivity index (χ2n) is 13.3. The number of nitrogens with zero attached hydrogens (tertiary/aromatic N) is 3. The van der Waals surface area contributed by atoms with Crippen molar-refractivity contribution in [3.8, 4) is 11.5 Å². The topological polar surface area (TPSA) is 62.3 Å².